The van der Waals surface area contributed by atoms with Gasteiger partial charge in [0.15, 0.2) is 5.75 Å². The van der Waals surface area contributed by atoms with Crippen molar-refractivity contribution in [1.82, 2.24) is 0 Å². The van der Waals surface area contributed by atoms with Gasteiger partial charge in [0.2, 0.25) is 11.8 Å². The van der Waals surface area contributed by atoms with Gasteiger partial charge in [-0.1, -0.05) is 63.7 Å². The molecular formula is C23H20Br4N4Na2O9S2. The van der Waals surface area contributed by atoms with Gasteiger partial charge < -0.3 is 15.3 Å². The average Bonchev–Trinajstić information content (AvgIpc) is 2.93. The molecule has 0 saturated heterocycles. The molecule has 0 spiro atoms. The number of halogens is 4. The van der Waals surface area contributed by atoms with Crippen molar-refractivity contribution in [2.24, 2.45) is 10.2 Å². The fraction of sp³-hybridized carbons (Fsp3) is 0.217. The number of benzene rings is 3. The van der Waals surface area contributed by atoms with Gasteiger partial charge in [0, 0.05) is 93.6 Å². The predicted octanol–water partition coefficient (Wildman–Crippen LogP) is 4.91. The number of nitrogens with zero attached hydrogens (tertiary/aromatic N) is 3. The van der Waals surface area contributed by atoms with Gasteiger partial charge in [-0.2, -0.15) is 16.8 Å². The fourth-order valence-corrected chi connectivity index (χ4v) is 5.78. The number of phenolic OH excluding ortho intramolecular Hbond substituents is 1. The summed E-state index contributed by atoms with van der Waals surface area (Å²) >= 11 is 12.7. The van der Waals surface area contributed by atoms with E-state index >= 15 is 0 Å². The molecule has 2 radical (unpaired) electrons. The van der Waals surface area contributed by atoms with Crippen LogP contribution in [0.2, 0.25) is 0 Å². The zero-order chi connectivity index (χ0) is 31.6. The van der Waals surface area contributed by atoms with Crippen LogP contribution in [-0.4, -0.2) is 129 Å². The maximum Gasteiger partial charge on any atom is 0.296 e. The van der Waals surface area contributed by atoms with Crippen molar-refractivity contribution in [1.29, 1.82) is 0 Å². The van der Waals surface area contributed by atoms with Crippen molar-refractivity contribution in [2.75, 3.05) is 27.9 Å². The van der Waals surface area contributed by atoms with E-state index in [9.17, 15) is 40.6 Å². The molecule has 2 atom stereocenters. The van der Waals surface area contributed by atoms with Gasteiger partial charge >= 0.3 is 0 Å². The molecule has 228 valence electrons. The number of carbonyl (C=O) groups excluding carboxylic acids is 2. The van der Waals surface area contributed by atoms with Crippen LogP contribution in [0.25, 0.3) is 10.8 Å². The number of carbonyl (C=O) groups is 2. The van der Waals surface area contributed by atoms with E-state index in [4.69, 9.17) is 0 Å². The summed E-state index contributed by atoms with van der Waals surface area (Å²) in [6, 6.07) is 8.43. The van der Waals surface area contributed by atoms with Crippen molar-refractivity contribution in [3.8, 4) is 5.75 Å². The molecule has 0 saturated carbocycles. The van der Waals surface area contributed by atoms with E-state index in [2.05, 4.69) is 79.3 Å². The number of aromatic hydroxyl groups is 1. The SMILES string of the molecule is CN(C(=O)C(Br)CBr)c1ccc2c(O)c(N=Nc3cc(NC(=O)C(Br)CBr)ccc3S(=O)(=O)O)c(S(=O)(=O)O)cc2c1.[Na].[Na]. The Morgan fingerprint density at radius 3 is 2.02 bits per heavy atom. The second kappa shape index (κ2) is 17.4. The van der Waals surface area contributed by atoms with Crippen LogP contribution in [0.1, 0.15) is 0 Å². The first-order valence-electron chi connectivity index (χ1n) is 11.3. The van der Waals surface area contributed by atoms with Gasteiger partial charge in [-0.25, -0.2) is 0 Å². The van der Waals surface area contributed by atoms with Crippen LogP contribution in [0.15, 0.2) is 62.5 Å². The number of rotatable bonds is 10. The predicted molar refractivity (Wildman–Crippen MR) is 182 cm³/mol. The van der Waals surface area contributed by atoms with Crippen LogP contribution in [0.4, 0.5) is 22.7 Å². The number of amides is 2. The number of fused-ring (bicyclic) bond motifs is 1. The van der Waals surface area contributed by atoms with Gasteiger partial charge in [0.25, 0.3) is 20.2 Å². The Balaban J connectivity index is 0.00000484. The largest absolute Gasteiger partial charge is 0.505 e. The molecule has 2 unspecified atom stereocenters. The fourth-order valence-electron chi connectivity index (χ4n) is 3.53. The Morgan fingerprint density at radius 1 is 0.886 bits per heavy atom. The minimum atomic E-state index is -5.04. The van der Waals surface area contributed by atoms with Crippen molar-refractivity contribution in [2.45, 2.75) is 19.4 Å². The molecular weight excluding hydrogens is 906 g/mol. The van der Waals surface area contributed by atoms with Gasteiger partial charge in [-0.3, -0.25) is 18.7 Å². The van der Waals surface area contributed by atoms with Crippen molar-refractivity contribution < 1.29 is 40.6 Å². The Hall–Kier alpha value is 0.000000000000000444. The minimum absolute atomic E-state index is 0. The van der Waals surface area contributed by atoms with Crippen LogP contribution in [-0.2, 0) is 29.8 Å². The second-order valence-corrected chi connectivity index (χ2v) is 14.7. The maximum atomic E-state index is 12.6. The monoisotopic (exact) mass is 922 g/mol. The van der Waals surface area contributed by atoms with E-state index in [1.165, 1.54) is 36.2 Å². The normalized spacial score (nSPS) is 13.1. The zero-order valence-corrected chi connectivity index (χ0v) is 35.0. The number of alkyl halides is 4. The summed E-state index contributed by atoms with van der Waals surface area (Å²) in [6.45, 7) is 0. The van der Waals surface area contributed by atoms with E-state index in [1.807, 2.05) is 0 Å². The first-order chi connectivity index (χ1) is 19.5. The van der Waals surface area contributed by atoms with E-state index in [-0.39, 0.29) is 86.8 Å². The van der Waals surface area contributed by atoms with Gasteiger partial charge in [0.05, 0.1) is 0 Å². The summed E-state index contributed by atoms with van der Waals surface area (Å²) in [4.78, 5) is 23.3. The quantitative estimate of drug-likeness (QED) is 0.0944. The smallest absolute Gasteiger partial charge is 0.296 e. The summed E-state index contributed by atoms with van der Waals surface area (Å²) in [5.41, 5.74) is -0.859. The van der Waals surface area contributed by atoms with E-state index < -0.39 is 62.7 Å². The number of hydrogen-bond donors (Lipinski definition) is 4. The van der Waals surface area contributed by atoms with Crippen LogP contribution in [0.3, 0.4) is 0 Å². The van der Waals surface area contributed by atoms with Crippen LogP contribution < -0.4 is 10.2 Å². The topological polar surface area (TPSA) is 203 Å². The number of hydrogen-bond acceptors (Lipinski definition) is 9. The van der Waals surface area contributed by atoms with Gasteiger partial charge in [0.1, 0.15) is 30.8 Å². The molecule has 0 heterocycles. The molecule has 2 amide bonds. The molecule has 4 N–H and O–H groups in total. The van der Waals surface area contributed by atoms with E-state index in [0.717, 1.165) is 18.2 Å². The molecule has 0 bridgehead atoms. The summed E-state index contributed by atoms with van der Waals surface area (Å²) in [5, 5.41) is 21.7. The molecule has 0 fully saturated rings. The molecule has 3 aromatic carbocycles. The van der Waals surface area contributed by atoms with Crippen LogP contribution in [0.5, 0.6) is 5.75 Å². The molecule has 0 aliphatic rings. The van der Waals surface area contributed by atoms with Gasteiger partial charge in [-0.05, 0) is 47.9 Å². The summed E-state index contributed by atoms with van der Waals surface area (Å²) < 4.78 is 68.0. The Labute approximate surface area is 330 Å². The standard InChI is InChI=1S/C23H20Br4N4O9S2.2Na/c1-31(23(34)16(27)10-25)13-3-4-14-11(6-13)7-19(42(38,39)40)20(21(14)32)30-29-17-8-12(28-22(33)15(26)9-24)2-5-18(17)41(35,36)37;;/h2-8,15-16,32H,9-10H2,1H3,(H,28,33)(H,35,36,37)(H,38,39,40);;. The first kappa shape index (κ1) is 42.0. The van der Waals surface area contributed by atoms with E-state index in [1.54, 1.807) is 0 Å². The third-order valence-electron chi connectivity index (χ3n) is 5.62. The summed E-state index contributed by atoms with van der Waals surface area (Å²) in [7, 11) is -8.41. The van der Waals surface area contributed by atoms with E-state index in [0.29, 0.717) is 11.0 Å². The molecule has 13 nitrogen and oxygen atoms in total. The number of azo groups is 1. The molecule has 3 rings (SSSR count). The third kappa shape index (κ3) is 10.2. The van der Waals surface area contributed by atoms with Crippen molar-refractivity contribution >= 4 is 188 Å². The second-order valence-electron chi connectivity index (χ2n) is 8.44. The number of phenols is 1. The molecule has 0 aliphatic heterocycles. The summed E-state index contributed by atoms with van der Waals surface area (Å²) in [5.74, 6) is -1.55. The first-order valence-corrected chi connectivity index (χ1v) is 18.2. The molecule has 0 aromatic heterocycles. The van der Waals surface area contributed by atoms with Gasteiger partial charge in [-0.15, -0.1) is 10.2 Å². The van der Waals surface area contributed by atoms with Crippen molar-refractivity contribution in [3.05, 3.63) is 42.5 Å². The van der Waals surface area contributed by atoms with Crippen LogP contribution >= 0.6 is 63.7 Å². The Kier molecular flexibility index (Phi) is 16.6. The molecule has 21 heteroatoms. The minimum Gasteiger partial charge on any atom is -0.505 e. The molecule has 3 aromatic rings. The molecule has 0 aliphatic carbocycles. The zero-order valence-electron chi connectivity index (χ0n) is 23.1. The van der Waals surface area contributed by atoms with Crippen LogP contribution in [0, 0.1) is 0 Å². The molecule has 44 heavy (non-hydrogen) atoms. The number of nitrogens with one attached hydrogen (secondary N) is 1. The number of anilines is 2. The average molecular weight is 926 g/mol. The third-order valence-corrected chi connectivity index (χ3v) is 11.9. The van der Waals surface area contributed by atoms with Crippen molar-refractivity contribution in [3.63, 3.8) is 0 Å². The maximum absolute atomic E-state index is 12.6. The summed E-state index contributed by atoms with van der Waals surface area (Å²) in [6.07, 6.45) is 0. The Morgan fingerprint density at radius 2 is 1.48 bits per heavy atom. The Bertz CT molecular complexity index is 1820.